The second-order valence-electron chi connectivity index (χ2n) is 6.94. The molecule has 1 N–H and O–H groups in total. The lowest BCUT2D eigenvalue weighted by Crippen LogP contribution is -2.44. The van der Waals surface area contributed by atoms with Gasteiger partial charge in [0, 0.05) is 44.4 Å². The normalized spacial score (nSPS) is 20.0. The maximum Gasteiger partial charge on any atom is 0.221 e. The van der Waals surface area contributed by atoms with Gasteiger partial charge < -0.3 is 19.7 Å². The molecule has 9 heteroatoms. The summed E-state index contributed by atoms with van der Waals surface area (Å²) in [4.78, 5) is 11.0. The van der Waals surface area contributed by atoms with Crippen molar-refractivity contribution in [1.82, 2.24) is 24.9 Å². The number of hydrogen-bond donors (Lipinski definition) is 1. The minimum atomic E-state index is -0.380. The highest BCUT2D eigenvalue weighted by atomic mass is 19.1. The van der Waals surface area contributed by atoms with Crippen molar-refractivity contribution in [3.63, 3.8) is 0 Å². The zero-order valence-corrected chi connectivity index (χ0v) is 15.3. The van der Waals surface area contributed by atoms with Gasteiger partial charge in [0.1, 0.15) is 6.10 Å². The molecule has 2 aliphatic rings. The van der Waals surface area contributed by atoms with Gasteiger partial charge in [-0.05, 0) is 12.1 Å². The molecule has 0 spiro atoms. The Balaban J connectivity index is 1.56. The number of piperazine rings is 1. The second-order valence-corrected chi connectivity index (χ2v) is 6.94. The number of fused-ring (bicyclic) bond motifs is 1. The molecule has 0 saturated carbocycles. The van der Waals surface area contributed by atoms with Crippen LogP contribution in [0.2, 0.25) is 0 Å². The van der Waals surface area contributed by atoms with E-state index in [0.29, 0.717) is 43.6 Å². The van der Waals surface area contributed by atoms with Crippen LogP contribution in [0.3, 0.4) is 0 Å². The molecule has 2 fully saturated rings. The number of ether oxygens (including phenoxy) is 2. The highest BCUT2D eigenvalue weighted by molar-refractivity contribution is 5.80. The summed E-state index contributed by atoms with van der Waals surface area (Å²) in [6, 6.07) is 3.77. The van der Waals surface area contributed by atoms with Crippen molar-refractivity contribution in [3.8, 4) is 17.0 Å². The summed E-state index contributed by atoms with van der Waals surface area (Å²) < 4.78 is 27.5. The quantitative estimate of drug-likeness (QED) is 0.731. The van der Waals surface area contributed by atoms with E-state index in [2.05, 4.69) is 20.4 Å². The summed E-state index contributed by atoms with van der Waals surface area (Å²) >= 11 is 0. The van der Waals surface area contributed by atoms with E-state index in [9.17, 15) is 4.39 Å². The third kappa shape index (κ3) is 3.16. The van der Waals surface area contributed by atoms with Crippen LogP contribution in [0.15, 0.2) is 30.7 Å². The molecule has 8 nitrogen and oxygen atoms in total. The first-order chi connectivity index (χ1) is 13.8. The van der Waals surface area contributed by atoms with Crippen LogP contribution in [0.5, 0.6) is 5.88 Å². The zero-order chi connectivity index (χ0) is 18.9. The molecule has 2 aliphatic heterocycles. The Morgan fingerprint density at radius 2 is 2.14 bits per heavy atom. The molecular formula is C19H21FN6O2. The first-order valence-corrected chi connectivity index (χ1v) is 9.49. The van der Waals surface area contributed by atoms with Gasteiger partial charge in [0.15, 0.2) is 17.3 Å². The minimum absolute atomic E-state index is 0.0164. The van der Waals surface area contributed by atoms with Crippen molar-refractivity contribution >= 4 is 11.5 Å². The molecule has 0 aromatic carbocycles. The topological polar surface area (TPSA) is 76.8 Å². The highest BCUT2D eigenvalue weighted by Crippen LogP contribution is 2.33. The Kier molecular flexibility index (Phi) is 4.53. The summed E-state index contributed by atoms with van der Waals surface area (Å²) in [6.45, 7) is 4.30. The van der Waals surface area contributed by atoms with Crippen molar-refractivity contribution in [2.45, 2.75) is 12.5 Å². The fraction of sp³-hybridized carbons (Fsp3) is 0.421. The van der Waals surface area contributed by atoms with Crippen LogP contribution >= 0.6 is 0 Å². The molecule has 5 rings (SSSR count). The minimum Gasteiger partial charge on any atom is -0.471 e. The van der Waals surface area contributed by atoms with Crippen LogP contribution in [-0.2, 0) is 4.74 Å². The van der Waals surface area contributed by atoms with Crippen LogP contribution in [-0.4, -0.2) is 65.1 Å². The summed E-state index contributed by atoms with van der Waals surface area (Å²) in [5.74, 6) is 0.490. The average molecular weight is 384 g/mol. The van der Waals surface area contributed by atoms with Gasteiger partial charge >= 0.3 is 0 Å². The molecule has 5 heterocycles. The number of anilines is 1. The highest BCUT2D eigenvalue weighted by Gasteiger charge is 2.23. The number of aromatic nitrogens is 4. The third-order valence-electron chi connectivity index (χ3n) is 5.07. The fourth-order valence-electron chi connectivity index (χ4n) is 3.62. The first kappa shape index (κ1) is 17.3. The van der Waals surface area contributed by atoms with Crippen molar-refractivity contribution in [2.75, 3.05) is 44.3 Å². The monoisotopic (exact) mass is 384 g/mol. The third-order valence-corrected chi connectivity index (χ3v) is 5.07. The molecule has 0 aliphatic carbocycles. The average Bonchev–Trinajstić information content (AvgIpc) is 3.38. The Bertz CT molecular complexity index is 982. The van der Waals surface area contributed by atoms with Crippen molar-refractivity contribution in [2.24, 2.45) is 0 Å². The fourth-order valence-corrected chi connectivity index (χ4v) is 3.62. The van der Waals surface area contributed by atoms with E-state index in [1.807, 2.05) is 17.0 Å². The predicted octanol–water partition coefficient (Wildman–Crippen LogP) is 1.51. The SMILES string of the molecule is Fc1cn2ncc(-c3cccnc3OC3CCOC3)c2nc1N1CCNCC1. The van der Waals surface area contributed by atoms with Crippen molar-refractivity contribution in [3.05, 3.63) is 36.5 Å². The van der Waals surface area contributed by atoms with E-state index in [1.54, 1.807) is 12.4 Å². The number of hydrogen-bond acceptors (Lipinski definition) is 7. The molecule has 0 amide bonds. The second kappa shape index (κ2) is 7.33. The lowest BCUT2D eigenvalue weighted by molar-refractivity contribution is 0.138. The van der Waals surface area contributed by atoms with Gasteiger partial charge in [0.05, 0.1) is 31.2 Å². The van der Waals surface area contributed by atoms with Crippen LogP contribution in [0, 0.1) is 5.82 Å². The number of pyridine rings is 1. The summed E-state index contributed by atoms with van der Waals surface area (Å²) in [7, 11) is 0. The molecule has 1 atom stereocenters. The van der Waals surface area contributed by atoms with Gasteiger partial charge in [0.25, 0.3) is 0 Å². The van der Waals surface area contributed by atoms with E-state index in [0.717, 1.165) is 30.6 Å². The van der Waals surface area contributed by atoms with E-state index < -0.39 is 0 Å². The smallest absolute Gasteiger partial charge is 0.221 e. The standard InChI is InChI=1S/C19H21FN6O2/c20-16-11-26-17(24-18(16)25-7-5-21-6-8-25)15(10-23-26)14-2-1-4-22-19(14)28-13-3-9-27-12-13/h1-2,4,10-11,13,21H,3,5-9,12H2. The van der Waals surface area contributed by atoms with Crippen LogP contribution in [0.4, 0.5) is 10.2 Å². The molecule has 0 bridgehead atoms. The lowest BCUT2D eigenvalue weighted by atomic mass is 10.1. The molecular weight excluding hydrogens is 363 g/mol. The van der Waals surface area contributed by atoms with Crippen molar-refractivity contribution in [1.29, 1.82) is 0 Å². The van der Waals surface area contributed by atoms with Crippen LogP contribution in [0.1, 0.15) is 6.42 Å². The Hall–Kier alpha value is -2.78. The number of nitrogens with zero attached hydrogens (tertiary/aromatic N) is 5. The Labute approximate surface area is 161 Å². The maximum absolute atomic E-state index is 14.6. The van der Waals surface area contributed by atoms with Gasteiger partial charge in [-0.25, -0.2) is 18.9 Å². The van der Waals surface area contributed by atoms with Crippen LogP contribution < -0.4 is 15.0 Å². The molecule has 28 heavy (non-hydrogen) atoms. The Morgan fingerprint density at radius 1 is 1.25 bits per heavy atom. The molecule has 2 saturated heterocycles. The van der Waals surface area contributed by atoms with Gasteiger partial charge in [0.2, 0.25) is 5.88 Å². The molecule has 1 unspecified atom stereocenters. The largest absolute Gasteiger partial charge is 0.471 e. The van der Waals surface area contributed by atoms with Crippen LogP contribution in [0.25, 0.3) is 16.8 Å². The summed E-state index contributed by atoms with van der Waals surface area (Å²) in [6.07, 6.45) is 5.57. The molecule has 0 radical (unpaired) electrons. The number of halogens is 1. The van der Waals surface area contributed by atoms with Crippen molar-refractivity contribution < 1.29 is 13.9 Å². The molecule has 3 aromatic heterocycles. The van der Waals surface area contributed by atoms with Gasteiger partial charge in [-0.1, -0.05) is 0 Å². The summed E-state index contributed by atoms with van der Waals surface area (Å²) in [5, 5.41) is 7.56. The molecule has 3 aromatic rings. The number of nitrogens with one attached hydrogen (secondary N) is 1. The zero-order valence-electron chi connectivity index (χ0n) is 15.3. The number of rotatable bonds is 4. The molecule has 146 valence electrons. The van der Waals surface area contributed by atoms with Gasteiger partial charge in [-0.2, -0.15) is 5.10 Å². The Morgan fingerprint density at radius 3 is 2.96 bits per heavy atom. The van der Waals surface area contributed by atoms with E-state index in [1.165, 1.54) is 10.7 Å². The van der Waals surface area contributed by atoms with E-state index in [4.69, 9.17) is 9.47 Å². The van der Waals surface area contributed by atoms with Gasteiger partial charge in [-0.3, -0.25) is 0 Å². The van der Waals surface area contributed by atoms with Gasteiger partial charge in [-0.15, -0.1) is 0 Å². The van der Waals surface area contributed by atoms with E-state index in [-0.39, 0.29) is 11.9 Å². The lowest BCUT2D eigenvalue weighted by Gasteiger charge is -2.28. The maximum atomic E-state index is 14.6. The predicted molar refractivity (Wildman–Crippen MR) is 101 cm³/mol. The van der Waals surface area contributed by atoms with E-state index >= 15 is 0 Å². The summed E-state index contributed by atoms with van der Waals surface area (Å²) in [5.41, 5.74) is 2.13. The first-order valence-electron chi connectivity index (χ1n) is 9.49.